The molecule has 0 aliphatic heterocycles. The van der Waals surface area contributed by atoms with E-state index >= 15 is 0 Å². The number of nitrogen functional groups attached to an aromatic ring is 1. The number of carbonyl (C=O) groups is 1. The molecule has 0 atom stereocenters. The van der Waals surface area contributed by atoms with Crippen molar-refractivity contribution in [2.24, 2.45) is 0 Å². The third-order valence-electron chi connectivity index (χ3n) is 3.08. The van der Waals surface area contributed by atoms with E-state index in [0.29, 0.717) is 27.8 Å². The van der Waals surface area contributed by atoms with Crippen LogP contribution in [-0.2, 0) is 0 Å². The van der Waals surface area contributed by atoms with Crippen molar-refractivity contribution in [2.45, 2.75) is 19.9 Å². The van der Waals surface area contributed by atoms with Gasteiger partial charge < -0.3 is 20.4 Å². The molecule has 0 spiro atoms. The molecule has 1 aromatic heterocycles. The number of benzene rings is 1. The van der Waals surface area contributed by atoms with E-state index in [1.54, 1.807) is 37.6 Å². The number of amides is 1. The fourth-order valence-electron chi connectivity index (χ4n) is 2.02. The number of methoxy groups -OCH3 is 1. The molecule has 0 aliphatic carbocycles. The van der Waals surface area contributed by atoms with Gasteiger partial charge in [0, 0.05) is 18.3 Å². The highest BCUT2D eigenvalue weighted by molar-refractivity contribution is 6.34. The Labute approximate surface area is 128 Å². The van der Waals surface area contributed by atoms with Crippen LogP contribution in [0.5, 0.6) is 5.75 Å². The summed E-state index contributed by atoms with van der Waals surface area (Å²) in [4.78, 5) is 12.4. The topological polar surface area (TPSA) is 69.3 Å². The van der Waals surface area contributed by atoms with Crippen molar-refractivity contribution in [3.05, 3.63) is 41.2 Å². The Morgan fingerprint density at radius 3 is 2.71 bits per heavy atom. The number of ether oxygens (including phenoxy) is 1. The van der Waals surface area contributed by atoms with Gasteiger partial charge in [-0.2, -0.15) is 0 Å². The van der Waals surface area contributed by atoms with Crippen molar-refractivity contribution in [1.82, 2.24) is 4.57 Å². The fourth-order valence-corrected chi connectivity index (χ4v) is 2.19. The van der Waals surface area contributed by atoms with Gasteiger partial charge in [0.15, 0.2) is 0 Å². The predicted molar refractivity (Wildman–Crippen MR) is 85.2 cm³/mol. The monoisotopic (exact) mass is 307 g/mol. The van der Waals surface area contributed by atoms with Gasteiger partial charge in [-0.3, -0.25) is 4.79 Å². The zero-order chi connectivity index (χ0) is 15.6. The maximum absolute atomic E-state index is 12.4. The SMILES string of the molecule is COc1ccc(Cl)c(NC(=O)c2cc(N)cn2C(C)C)c1. The Balaban J connectivity index is 2.30. The number of nitrogens with zero attached hydrogens (tertiary/aromatic N) is 1. The maximum Gasteiger partial charge on any atom is 0.272 e. The van der Waals surface area contributed by atoms with E-state index in [1.807, 2.05) is 18.4 Å². The number of carbonyl (C=O) groups excluding carboxylic acids is 1. The standard InChI is InChI=1S/C15H18ClN3O2/c1-9(2)19-8-10(17)6-14(19)15(20)18-13-7-11(21-3)4-5-12(13)16/h4-9H,17H2,1-3H3,(H,18,20). The summed E-state index contributed by atoms with van der Waals surface area (Å²) >= 11 is 6.09. The van der Waals surface area contributed by atoms with Gasteiger partial charge in [-0.1, -0.05) is 11.6 Å². The van der Waals surface area contributed by atoms with Crippen LogP contribution in [0.1, 0.15) is 30.4 Å². The average Bonchev–Trinajstić information content (AvgIpc) is 2.83. The molecule has 2 aromatic rings. The Bertz CT molecular complexity index is 665. The average molecular weight is 308 g/mol. The van der Waals surface area contributed by atoms with Gasteiger partial charge in [-0.25, -0.2) is 0 Å². The number of hydrogen-bond acceptors (Lipinski definition) is 3. The first kappa shape index (κ1) is 15.3. The van der Waals surface area contributed by atoms with Crippen LogP contribution in [0, 0.1) is 0 Å². The molecule has 0 bridgehead atoms. The minimum atomic E-state index is -0.268. The highest BCUT2D eigenvalue weighted by Gasteiger charge is 2.16. The van der Waals surface area contributed by atoms with E-state index in [0.717, 1.165) is 0 Å². The second-order valence-corrected chi connectivity index (χ2v) is 5.37. The molecule has 0 aliphatic rings. The molecule has 0 saturated heterocycles. The van der Waals surface area contributed by atoms with Crippen LogP contribution >= 0.6 is 11.6 Å². The zero-order valence-electron chi connectivity index (χ0n) is 12.2. The normalized spacial score (nSPS) is 10.7. The molecular weight excluding hydrogens is 290 g/mol. The maximum atomic E-state index is 12.4. The van der Waals surface area contributed by atoms with Gasteiger partial charge in [-0.15, -0.1) is 0 Å². The van der Waals surface area contributed by atoms with E-state index in [1.165, 1.54) is 0 Å². The summed E-state index contributed by atoms with van der Waals surface area (Å²) in [5.74, 6) is 0.351. The summed E-state index contributed by atoms with van der Waals surface area (Å²) in [5, 5.41) is 3.23. The predicted octanol–water partition coefficient (Wildman–Crippen LogP) is 3.57. The number of aromatic nitrogens is 1. The fraction of sp³-hybridized carbons (Fsp3) is 0.267. The Morgan fingerprint density at radius 2 is 2.10 bits per heavy atom. The van der Waals surface area contributed by atoms with Crippen molar-refractivity contribution >= 4 is 28.9 Å². The van der Waals surface area contributed by atoms with Crippen LogP contribution in [0.4, 0.5) is 11.4 Å². The third kappa shape index (κ3) is 3.31. The highest BCUT2D eigenvalue weighted by atomic mass is 35.5. The van der Waals surface area contributed by atoms with Crippen LogP contribution in [-0.4, -0.2) is 17.6 Å². The summed E-state index contributed by atoms with van der Waals surface area (Å²) in [7, 11) is 1.56. The minimum Gasteiger partial charge on any atom is -0.497 e. The molecule has 0 radical (unpaired) electrons. The van der Waals surface area contributed by atoms with Crippen molar-refractivity contribution in [3.63, 3.8) is 0 Å². The third-order valence-corrected chi connectivity index (χ3v) is 3.41. The lowest BCUT2D eigenvalue weighted by atomic mass is 10.2. The first-order valence-corrected chi connectivity index (χ1v) is 6.92. The first-order chi connectivity index (χ1) is 9.92. The second-order valence-electron chi connectivity index (χ2n) is 4.96. The van der Waals surface area contributed by atoms with Crippen LogP contribution in [0.3, 0.4) is 0 Å². The van der Waals surface area contributed by atoms with Crippen molar-refractivity contribution < 1.29 is 9.53 Å². The van der Waals surface area contributed by atoms with Gasteiger partial charge >= 0.3 is 0 Å². The van der Waals surface area contributed by atoms with E-state index in [2.05, 4.69) is 5.32 Å². The number of halogens is 1. The molecule has 0 saturated carbocycles. The van der Waals surface area contributed by atoms with E-state index in [9.17, 15) is 4.79 Å². The Morgan fingerprint density at radius 1 is 1.38 bits per heavy atom. The number of nitrogens with two attached hydrogens (primary N) is 1. The van der Waals surface area contributed by atoms with Gasteiger partial charge in [0.05, 0.1) is 23.5 Å². The van der Waals surface area contributed by atoms with Gasteiger partial charge in [0.1, 0.15) is 11.4 Å². The van der Waals surface area contributed by atoms with Crippen molar-refractivity contribution in [2.75, 3.05) is 18.2 Å². The lowest BCUT2D eigenvalue weighted by molar-refractivity contribution is 0.101. The molecule has 1 amide bonds. The zero-order valence-corrected chi connectivity index (χ0v) is 12.9. The molecule has 2 rings (SSSR count). The number of hydrogen-bond donors (Lipinski definition) is 2. The molecule has 6 heteroatoms. The van der Waals surface area contributed by atoms with Crippen molar-refractivity contribution in [1.29, 1.82) is 0 Å². The molecule has 112 valence electrons. The second kappa shape index (κ2) is 6.10. The number of rotatable bonds is 4. The van der Waals surface area contributed by atoms with Crippen LogP contribution in [0.2, 0.25) is 5.02 Å². The summed E-state index contributed by atoms with van der Waals surface area (Å²) in [6.45, 7) is 3.96. The van der Waals surface area contributed by atoms with E-state index < -0.39 is 0 Å². The molecule has 21 heavy (non-hydrogen) atoms. The molecular formula is C15H18ClN3O2. The number of anilines is 2. The molecule has 0 unspecified atom stereocenters. The molecule has 0 fully saturated rings. The summed E-state index contributed by atoms with van der Waals surface area (Å²) in [6.07, 6.45) is 1.74. The van der Waals surface area contributed by atoms with Gasteiger partial charge in [-0.05, 0) is 32.0 Å². The lowest BCUT2D eigenvalue weighted by Crippen LogP contribution is -2.18. The van der Waals surface area contributed by atoms with Crippen LogP contribution in [0.15, 0.2) is 30.5 Å². The highest BCUT2D eigenvalue weighted by Crippen LogP contribution is 2.27. The summed E-state index contributed by atoms with van der Waals surface area (Å²) < 4.78 is 6.95. The first-order valence-electron chi connectivity index (χ1n) is 6.54. The quantitative estimate of drug-likeness (QED) is 0.907. The van der Waals surface area contributed by atoms with E-state index in [-0.39, 0.29) is 11.9 Å². The van der Waals surface area contributed by atoms with Gasteiger partial charge in [0.2, 0.25) is 0 Å². The summed E-state index contributed by atoms with van der Waals surface area (Å²) in [5.41, 5.74) is 7.31. The molecule has 5 nitrogen and oxygen atoms in total. The largest absolute Gasteiger partial charge is 0.497 e. The van der Waals surface area contributed by atoms with Crippen molar-refractivity contribution in [3.8, 4) is 5.75 Å². The smallest absolute Gasteiger partial charge is 0.272 e. The Hall–Kier alpha value is -2.14. The van der Waals surface area contributed by atoms with Gasteiger partial charge in [0.25, 0.3) is 5.91 Å². The summed E-state index contributed by atoms with van der Waals surface area (Å²) in [6, 6.07) is 6.85. The lowest BCUT2D eigenvalue weighted by Gasteiger charge is -2.13. The molecule has 1 aromatic carbocycles. The number of nitrogens with one attached hydrogen (secondary N) is 1. The molecule has 1 heterocycles. The Kier molecular flexibility index (Phi) is 4.43. The van der Waals surface area contributed by atoms with Crippen LogP contribution < -0.4 is 15.8 Å². The van der Waals surface area contributed by atoms with E-state index in [4.69, 9.17) is 22.1 Å². The minimum absolute atomic E-state index is 0.129. The van der Waals surface area contributed by atoms with Crippen LogP contribution in [0.25, 0.3) is 0 Å². The molecule has 3 N–H and O–H groups in total.